The lowest BCUT2D eigenvalue weighted by Gasteiger charge is -2.30. The Morgan fingerprint density at radius 2 is 1.03 bits per heavy atom. The molecule has 0 aromatic rings. The van der Waals surface area contributed by atoms with Gasteiger partial charge in [-0.05, 0) is 60.3 Å². The molecule has 35 heavy (non-hydrogen) atoms. The van der Waals surface area contributed by atoms with E-state index in [1.165, 1.54) is 38.5 Å². The van der Waals surface area contributed by atoms with Crippen molar-refractivity contribution in [1.82, 2.24) is 0 Å². The van der Waals surface area contributed by atoms with Crippen LogP contribution in [-0.4, -0.2) is 88.5 Å². The van der Waals surface area contributed by atoms with Gasteiger partial charge >= 0.3 is 11.9 Å². The van der Waals surface area contributed by atoms with Crippen molar-refractivity contribution in [2.24, 2.45) is 10.8 Å². The first-order valence-corrected chi connectivity index (χ1v) is 13.9. The van der Waals surface area contributed by atoms with Crippen LogP contribution in [0, 0.1) is 10.8 Å². The van der Waals surface area contributed by atoms with Gasteiger partial charge in [-0.3, -0.25) is 9.59 Å². The van der Waals surface area contributed by atoms with Crippen LogP contribution in [0.5, 0.6) is 0 Å². The number of carbonyl (C=O) groups excluding carboxylic acids is 2. The summed E-state index contributed by atoms with van der Waals surface area (Å²) in [6, 6.07) is 0. The van der Waals surface area contributed by atoms with E-state index in [9.17, 15) is 9.59 Å². The van der Waals surface area contributed by atoms with Crippen molar-refractivity contribution in [2.45, 2.75) is 100 Å². The quantitative estimate of drug-likeness (QED) is 0.146. The van der Waals surface area contributed by atoms with Crippen LogP contribution < -0.4 is 0 Å². The molecule has 0 fully saturated rings. The van der Waals surface area contributed by atoms with Gasteiger partial charge < -0.3 is 18.4 Å². The zero-order valence-corrected chi connectivity index (χ0v) is 25.7. The fourth-order valence-electron chi connectivity index (χ4n) is 3.10. The van der Waals surface area contributed by atoms with Crippen LogP contribution in [0.2, 0.25) is 0 Å². The van der Waals surface area contributed by atoms with Crippen molar-refractivity contribution in [3.63, 3.8) is 0 Å². The second-order valence-corrected chi connectivity index (χ2v) is 12.9. The molecule has 0 aromatic heterocycles. The number of hydrogen-bond acceptors (Lipinski definition) is 4. The molecule has 0 spiro atoms. The molecule has 0 N–H and O–H groups in total. The minimum atomic E-state index is -0.388. The molecule has 0 saturated heterocycles. The molecule has 6 nitrogen and oxygen atoms in total. The molecule has 0 heterocycles. The first kappa shape index (κ1) is 36.0. The van der Waals surface area contributed by atoms with Crippen LogP contribution in [0.25, 0.3) is 0 Å². The molecular formula is C29H62N2O4+2. The molecule has 0 bridgehead atoms. The van der Waals surface area contributed by atoms with Gasteiger partial charge in [0.2, 0.25) is 0 Å². The molecule has 0 amide bonds. The van der Waals surface area contributed by atoms with E-state index in [1.807, 2.05) is 41.5 Å². The summed E-state index contributed by atoms with van der Waals surface area (Å²) in [7, 11) is 8.79. The lowest BCUT2D eigenvalue weighted by Crippen LogP contribution is -2.43. The molecule has 0 saturated carbocycles. The standard InChI is InChI=1S/C16H34NO2.C13H28NO2/c1-7-9-10-11-12-17(5,6)13-14-19-15(18)16(3,4)8-2;1-7-8-9-14(5,6)10-11-16-12(15)13(2,3)4/h7-14H2,1-6H3;7-11H2,1-6H3/q2*+1. The third-order valence-corrected chi connectivity index (χ3v) is 6.64. The van der Waals surface area contributed by atoms with Gasteiger partial charge in [0.25, 0.3) is 0 Å². The van der Waals surface area contributed by atoms with E-state index < -0.39 is 0 Å². The molecule has 210 valence electrons. The van der Waals surface area contributed by atoms with Crippen LogP contribution in [0.1, 0.15) is 100 Å². The number of likely N-dealkylation sites (N-methyl/N-ethyl adjacent to an activating group) is 2. The molecule has 0 atom stereocenters. The largest absolute Gasteiger partial charge is 0.459 e. The van der Waals surface area contributed by atoms with Gasteiger partial charge in [0.05, 0.1) is 52.1 Å². The third-order valence-electron chi connectivity index (χ3n) is 6.64. The highest BCUT2D eigenvalue weighted by molar-refractivity contribution is 5.76. The zero-order chi connectivity index (χ0) is 27.8. The lowest BCUT2D eigenvalue weighted by atomic mass is 9.91. The fourth-order valence-corrected chi connectivity index (χ4v) is 3.10. The molecule has 0 rings (SSSR count). The van der Waals surface area contributed by atoms with E-state index in [1.54, 1.807) is 0 Å². The molecule has 6 heteroatoms. The Balaban J connectivity index is 0. The average Bonchev–Trinajstić information content (AvgIpc) is 2.74. The average molecular weight is 503 g/mol. The van der Waals surface area contributed by atoms with Crippen molar-refractivity contribution in [3.05, 3.63) is 0 Å². The minimum Gasteiger partial charge on any atom is -0.459 e. The molecular weight excluding hydrogens is 440 g/mol. The molecule has 0 aliphatic carbocycles. The lowest BCUT2D eigenvalue weighted by molar-refractivity contribution is -0.890. The summed E-state index contributed by atoms with van der Waals surface area (Å²) in [6.45, 7) is 21.1. The van der Waals surface area contributed by atoms with Gasteiger partial charge in [0.1, 0.15) is 26.3 Å². The maximum Gasteiger partial charge on any atom is 0.311 e. The van der Waals surface area contributed by atoms with Crippen LogP contribution >= 0.6 is 0 Å². The third kappa shape index (κ3) is 19.7. The van der Waals surface area contributed by atoms with Crippen molar-refractivity contribution < 1.29 is 28.0 Å². The molecule has 0 aromatic carbocycles. The summed E-state index contributed by atoms with van der Waals surface area (Å²) in [4.78, 5) is 23.4. The maximum absolute atomic E-state index is 11.9. The normalized spacial score (nSPS) is 12.6. The van der Waals surface area contributed by atoms with Crippen molar-refractivity contribution in [2.75, 3.05) is 67.6 Å². The summed E-state index contributed by atoms with van der Waals surface area (Å²) in [5.41, 5.74) is -0.737. The number of esters is 2. The smallest absolute Gasteiger partial charge is 0.311 e. The summed E-state index contributed by atoms with van der Waals surface area (Å²) in [5.74, 6) is -0.177. The first-order valence-electron chi connectivity index (χ1n) is 13.9. The Hall–Kier alpha value is -1.14. The van der Waals surface area contributed by atoms with Crippen molar-refractivity contribution in [1.29, 1.82) is 0 Å². The monoisotopic (exact) mass is 502 g/mol. The van der Waals surface area contributed by atoms with E-state index in [4.69, 9.17) is 9.47 Å². The van der Waals surface area contributed by atoms with Crippen LogP contribution in [0.3, 0.4) is 0 Å². The van der Waals surface area contributed by atoms with Gasteiger partial charge in [-0.1, -0.05) is 40.0 Å². The van der Waals surface area contributed by atoms with E-state index in [-0.39, 0.29) is 22.8 Å². The first-order chi connectivity index (χ1) is 15.9. The van der Waals surface area contributed by atoms with Gasteiger partial charge in [-0.25, -0.2) is 0 Å². The van der Waals surface area contributed by atoms with Gasteiger partial charge in [-0.15, -0.1) is 0 Å². The number of rotatable bonds is 16. The fraction of sp³-hybridized carbons (Fsp3) is 0.931. The number of ether oxygens (including phenoxy) is 2. The molecule has 0 aliphatic rings. The minimum absolute atomic E-state index is 0.0685. The number of quaternary nitrogens is 2. The number of hydrogen-bond donors (Lipinski definition) is 0. The molecule has 0 aliphatic heterocycles. The maximum atomic E-state index is 11.9. The highest BCUT2D eigenvalue weighted by Gasteiger charge is 2.28. The molecule has 0 unspecified atom stereocenters. The van der Waals surface area contributed by atoms with Crippen molar-refractivity contribution >= 4 is 11.9 Å². The van der Waals surface area contributed by atoms with Crippen LogP contribution in [-0.2, 0) is 19.1 Å². The Morgan fingerprint density at radius 3 is 1.43 bits per heavy atom. The highest BCUT2D eigenvalue weighted by Crippen LogP contribution is 2.21. The van der Waals surface area contributed by atoms with Gasteiger partial charge in [0, 0.05) is 0 Å². The van der Waals surface area contributed by atoms with Crippen LogP contribution in [0.15, 0.2) is 0 Å². The summed E-state index contributed by atoms with van der Waals surface area (Å²) >= 11 is 0. The molecule has 0 radical (unpaired) electrons. The van der Waals surface area contributed by atoms with E-state index in [0.29, 0.717) is 13.2 Å². The predicted molar refractivity (Wildman–Crippen MR) is 148 cm³/mol. The topological polar surface area (TPSA) is 52.6 Å². The number of nitrogens with zero attached hydrogens (tertiary/aromatic N) is 2. The summed E-state index contributed by atoms with van der Waals surface area (Å²) in [6.07, 6.45) is 8.41. The Bertz CT molecular complexity index is 578. The van der Waals surface area contributed by atoms with Gasteiger partial charge in [0.15, 0.2) is 0 Å². The second kappa shape index (κ2) is 17.3. The second-order valence-electron chi connectivity index (χ2n) is 12.9. The Morgan fingerprint density at radius 1 is 0.600 bits per heavy atom. The number of unbranched alkanes of at least 4 members (excludes halogenated alkanes) is 4. The number of carbonyl (C=O) groups is 2. The van der Waals surface area contributed by atoms with E-state index in [2.05, 4.69) is 42.0 Å². The van der Waals surface area contributed by atoms with Crippen LogP contribution in [0.4, 0.5) is 0 Å². The van der Waals surface area contributed by atoms with Crippen molar-refractivity contribution in [3.8, 4) is 0 Å². The summed E-state index contributed by atoms with van der Waals surface area (Å²) < 4.78 is 12.5. The van der Waals surface area contributed by atoms with E-state index >= 15 is 0 Å². The highest BCUT2D eigenvalue weighted by atomic mass is 16.5. The Kier molecular flexibility index (Phi) is 17.8. The van der Waals surface area contributed by atoms with E-state index in [0.717, 1.165) is 41.6 Å². The van der Waals surface area contributed by atoms with Gasteiger partial charge in [-0.2, -0.15) is 0 Å². The Labute approximate surface area is 218 Å². The zero-order valence-electron chi connectivity index (χ0n) is 25.7. The SMILES string of the molecule is CCCCCC[N+](C)(C)CCOC(=O)C(C)(C)CC.CCCC[N+](C)(C)CCOC(=O)C(C)(C)C. The predicted octanol–water partition coefficient (Wildman–Crippen LogP) is 6.07. The summed E-state index contributed by atoms with van der Waals surface area (Å²) in [5, 5.41) is 0.